The minimum atomic E-state index is -0.435. The average Bonchev–Trinajstić information content (AvgIpc) is 3.16. The highest BCUT2D eigenvalue weighted by Crippen LogP contribution is 2.34. The highest BCUT2D eigenvalue weighted by molar-refractivity contribution is 5.87. The third-order valence-electron chi connectivity index (χ3n) is 3.81. The summed E-state index contributed by atoms with van der Waals surface area (Å²) < 4.78 is 16.0. The van der Waals surface area contributed by atoms with Crippen molar-refractivity contribution in [2.24, 2.45) is 5.92 Å². The first-order valence-electron chi connectivity index (χ1n) is 7.07. The smallest absolute Gasteiger partial charge is 0.356 e. The van der Waals surface area contributed by atoms with E-state index in [-0.39, 0.29) is 0 Å². The number of carbonyl (C=O) groups is 1. The Balaban J connectivity index is 1.83. The number of aromatic nitrogens is 1. The third-order valence-corrected chi connectivity index (χ3v) is 3.81. The van der Waals surface area contributed by atoms with E-state index in [1.54, 1.807) is 6.07 Å². The van der Waals surface area contributed by atoms with E-state index < -0.39 is 5.97 Å². The Bertz CT molecular complexity index is 493. The predicted molar refractivity (Wildman–Crippen MR) is 72.0 cm³/mol. The van der Waals surface area contributed by atoms with Gasteiger partial charge in [0.25, 0.3) is 0 Å². The van der Waals surface area contributed by atoms with Crippen molar-refractivity contribution in [1.29, 1.82) is 0 Å². The monoisotopic (exact) mass is 277 g/mol. The first-order chi connectivity index (χ1) is 9.78. The lowest BCUT2D eigenvalue weighted by molar-refractivity contribution is 0.0592. The van der Waals surface area contributed by atoms with E-state index in [0.717, 1.165) is 18.6 Å². The minimum Gasteiger partial charge on any atom is -0.477 e. The zero-order chi connectivity index (χ0) is 13.9. The molecule has 1 atom stereocenters. The van der Waals surface area contributed by atoms with E-state index in [1.165, 1.54) is 20.0 Å². The summed E-state index contributed by atoms with van der Waals surface area (Å²) in [5, 5.41) is 0. The molecule has 5 heteroatoms. The van der Waals surface area contributed by atoms with Gasteiger partial charge in [-0.25, -0.2) is 9.78 Å². The molecule has 20 heavy (non-hydrogen) atoms. The van der Waals surface area contributed by atoms with E-state index in [4.69, 9.17) is 14.2 Å². The van der Waals surface area contributed by atoms with Crippen molar-refractivity contribution in [2.45, 2.75) is 25.2 Å². The highest BCUT2D eigenvalue weighted by atomic mass is 16.5. The Morgan fingerprint density at radius 2 is 2.25 bits per heavy atom. The van der Waals surface area contributed by atoms with Crippen LogP contribution in [0.2, 0.25) is 0 Å². The molecule has 1 aromatic heterocycles. The molecule has 2 heterocycles. The zero-order valence-corrected chi connectivity index (χ0v) is 11.6. The Morgan fingerprint density at radius 1 is 1.40 bits per heavy atom. The summed E-state index contributed by atoms with van der Waals surface area (Å²) in [7, 11) is 1.35. The van der Waals surface area contributed by atoms with Crippen LogP contribution in [0.3, 0.4) is 0 Å². The number of nitrogens with zero attached hydrogens (tertiary/aromatic N) is 1. The van der Waals surface area contributed by atoms with Crippen LogP contribution >= 0.6 is 0 Å². The number of ether oxygens (including phenoxy) is 3. The molecule has 1 unspecified atom stereocenters. The largest absolute Gasteiger partial charge is 0.477 e. The minimum absolute atomic E-state index is 0.293. The van der Waals surface area contributed by atoms with Gasteiger partial charge in [0.1, 0.15) is 0 Å². The average molecular weight is 277 g/mol. The zero-order valence-electron chi connectivity index (χ0n) is 11.6. The maximum absolute atomic E-state index is 11.6. The quantitative estimate of drug-likeness (QED) is 0.772. The molecule has 0 bridgehead atoms. The summed E-state index contributed by atoms with van der Waals surface area (Å²) in [5.41, 5.74) is 1.33. The van der Waals surface area contributed by atoms with Crippen molar-refractivity contribution in [3.05, 3.63) is 23.4 Å². The second-order valence-corrected chi connectivity index (χ2v) is 5.40. The number of hydrogen-bond acceptors (Lipinski definition) is 5. The maximum atomic E-state index is 11.6. The van der Waals surface area contributed by atoms with Gasteiger partial charge in [0.2, 0.25) is 5.88 Å². The molecule has 2 aliphatic rings. The number of hydrogen-bond donors (Lipinski definition) is 0. The molecule has 1 saturated heterocycles. The lowest BCUT2D eigenvalue weighted by Crippen LogP contribution is -2.11. The molecule has 1 aliphatic heterocycles. The van der Waals surface area contributed by atoms with Crippen LogP contribution in [-0.4, -0.2) is 37.9 Å². The summed E-state index contributed by atoms with van der Waals surface area (Å²) >= 11 is 0. The van der Waals surface area contributed by atoms with E-state index in [1.807, 2.05) is 6.07 Å². The topological polar surface area (TPSA) is 57.7 Å². The number of rotatable bonds is 5. The standard InChI is InChI=1S/C15H19NO4/c1-18-15(17)13-5-4-12(11-6-7-19-9-11)14(16-13)20-8-10-2-3-10/h4-5,10-11H,2-3,6-9H2,1H3. The summed E-state index contributed by atoms with van der Waals surface area (Å²) in [6.07, 6.45) is 3.41. The van der Waals surface area contributed by atoms with Crippen LogP contribution in [0.15, 0.2) is 12.1 Å². The van der Waals surface area contributed by atoms with Crippen molar-refractivity contribution < 1.29 is 19.0 Å². The van der Waals surface area contributed by atoms with Gasteiger partial charge in [0.05, 0.1) is 20.3 Å². The summed E-state index contributed by atoms with van der Waals surface area (Å²) in [6, 6.07) is 3.62. The SMILES string of the molecule is COC(=O)c1ccc(C2CCOC2)c(OCC2CC2)n1. The van der Waals surface area contributed by atoms with Crippen LogP contribution in [0.4, 0.5) is 0 Å². The molecule has 1 saturated carbocycles. The molecule has 2 fully saturated rings. The van der Waals surface area contributed by atoms with Gasteiger partial charge in [-0.05, 0) is 31.2 Å². The van der Waals surface area contributed by atoms with E-state index in [0.29, 0.717) is 36.6 Å². The molecule has 0 spiro atoms. The van der Waals surface area contributed by atoms with E-state index in [2.05, 4.69) is 4.98 Å². The van der Waals surface area contributed by atoms with Gasteiger partial charge in [-0.2, -0.15) is 0 Å². The van der Waals surface area contributed by atoms with Crippen LogP contribution in [-0.2, 0) is 9.47 Å². The highest BCUT2D eigenvalue weighted by Gasteiger charge is 2.26. The Morgan fingerprint density at radius 3 is 2.90 bits per heavy atom. The molecule has 3 rings (SSSR count). The number of pyridine rings is 1. The lowest BCUT2D eigenvalue weighted by atomic mass is 9.99. The van der Waals surface area contributed by atoms with Crippen molar-refractivity contribution in [1.82, 2.24) is 4.98 Å². The predicted octanol–water partition coefficient (Wildman–Crippen LogP) is 2.16. The Labute approximate surface area is 118 Å². The first-order valence-corrected chi connectivity index (χ1v) is 7.07. The molecule has 1 aromatic rings. The molecular weight excluding hydrogens is 258 g/mol. The normalized spacial score (nSPS) is 21.8. The van der Waals surface area contributed by atoms with Crippen molar-refractivity contribution >= 4 is 5.97 Å². The Kier molecular flexibility index (Phi) is 3.87. The fourth-order valence-corrected chi connectivity index (χ4v) is 2.36. The van der Waals surface area contributed by atoms with Gasteiger partial charge < -0.3 is 14.2 Å². The third kappa shape index (κ3) is 2.93. The van der Waals surface area contributed by atoms with Gasteiger partial charge in [-0.15, -0.1) is 0 Å². The second-order valence-electron chi connectivity index (χ2n) is 5.40. The lowest BCUT2D eigenvalue weighted by Gasteiger charge is -2.15. The van der Waals surface area contributed by atoms with Crippen LogP contribution in [0.25, 0.3) is 0 Å². The molecule has 108 valence electrons. The second kappa shape index (κ2) is 5.79. The van der Waals surface area contributed by atoms with Gasteiger partial charge in [-0.1, -0.05) is 6.07 Å². The van der Waals surface area contributed by atoms with Crippen LogP contribution in [0.1, 0.15) is 41.2 Å². The van der Waals surface area contributed by atoms with E-state index in [9.17, 15) is 4.79 Å². The summed E-state index contributed by atoms with van der Waals surface area (Å²) in [4.78, 5) is 15.9. The molecule has 0 N–H and O–H groups in total. The van der Waals surface area contributed by atoms with Gasteiger partial charge in [0, 0.05) is 18.1 Å². The van der Waals surface area contributed by atoms with Crippen LogP contribution in [0, 0.1) is 5.92 Å². The van der Waals surface area contributed by atoms with Crippen molar-refractivity contribution in [2.75, 3.05) is 26.9 Å². The van der Waals surface area contributed by atoms with Gasteiger partial charge in [-0.3, -0.25) is 0 Å². The molecule has 5 nitrogen and oxygen atoms in total. The van der Waals surface area contributed by atoms with Gasteiger partial charge >= 0.3 is 5.97 Å². The summed E-state index contributed by atoms with van der Waals surface area (Å²) in [5.74, 6) is 1.08. The molecule has 0 amide bonds. The van der Waals surface area contributed by atoms with Gasteiger partial charge in [0.15, 0.2) is 5.69 Å². The molecule has 0 radical (unpaired) electrons. The van der Waals surface area contributed by atoms with Crippen LogP contribution in [0.5, 0.6) is 5.88 Å². The molecule has 1 aliphatic carbocycles. The fraction of sp³-hybridized carbons (Fsp3) is 0.600. The number of esters is 1. The Hall–Kier alpha value is -1.62. The number of methoxy groups -OCH3 is 1. The number of carbonyl (C=O) groups excluding carboxylic acids is 1. The van der Waals surface area contributed by atoms with E-state index >= 15 is 0 Å². The maximum Gasteiger partial charge on any atom is 0.356 e. The van der Waals surface area contributed by atoms with Crippen molar-refractivity contribution in [3.63, 3.8) is 0 Å². The molecular formula is C15H19NO4. The first kappa shape index (κ1) is 13.4. The fourth-order valence-electron chi connectivity index (χ4n) is 2.36. The van der Waals surface area contributed by atoms with Crippen molar-refractivity contribution in [3.8, 4) is 5.88 Å². The molecule has 0 aromatic carbocycles. The van der Waals surface area contributed by atoms with Crippen LogP contribution < -0.4 is 4.74 Å². The summed E-state index contributed by atoms with van der Waals surface area (Å²) in [6.45, 7) is 2.14.